The van der Waals surface area contributed by atoms with Crippen molar-refractivity contribution in [2.75, 3.05) is 36.4 Å². The predicted octanol–water partition coefficient (Wildman–Crippen LogP) is 1.94. The number of carbonyl (C=O) groups is 1. The Morgan fingerprint density at radius 1 is 0.955 bits per heavy atom. The second-order valence-electron chi connectivity index (χ2n) is 5.09. The second kappa shape index (κ2) is 6.91. The summed E-state index contributed by atoms with van der Waals surface area (Å²) in [5, 5.41) is 4.74. The molecule has 2 aromatic rings. The molecular weight excluding hydrogens is 278 g/mol. The molecule has 1 aliphatic rings. The zero-order valence-corrected chi connectivity index (χ0v) is 12.3. The highest BCUT2D eigenvalue weighted by Crippen LogP contribution is 2.11. The maximum Gasteiger partial charge on any atom is 0.333 e. The molecule has 0 radical (unpaired) electrons. The molecule has 0 atom stereocenters. The maximum absolute atomic E-state index is 11.9. The van der Waals surface area contributed by atoms with Crippen LogP contribution >= 0.6 is 0 Å². The number of aromatic nitrogens is 1. The Labute approximate surface area is 129 Å². The normalized spacial score (nSPS) is 15.4. The van der Waals surface area contributed by atoms with Crippen LogP contribution in [0, 0.1) is 0 Å². The lowest BCUT2D eigenvalue weighted by Gasteiger charge is -2.35. The van der Waals surface area contributed by atoms with Crippen LogP contribution in [0.25, 0.3) is 0 Å². The molecule has 114 valence electrons. The Morgan fingerprint density at radius 2 is 1.68 bits per heavy atom. The van der Waals surface area contributed by atoms with Gasteiger partial charge in [-0.2, -0.15) is 0 Å². The van der Waals surface area contributed by atoms with Crippen molar-refractivity contribution >= 4 is 17.5 Å². The van der Waals surface area contributed by atoms with Gasteiger partial charge in [0.15, 0.2) is 0 Å². The van der Waals surface area contributed by atoms with Crippen LogP contribution in [-0.2, 0) is 0 Å². The van der Waals surface area contributed by atoms with E-state index in [1.807, 2.05) is 53.5 Å². The van der Waals surface area contributed by atoms with Crippen LogP contribution in [-0.4, -0.2) is 42.2 Å². The minimum Gasteiger partial charge on any atom is -0.354 e. The largest absolute Gasteiger partial charge is 0.354 e. The van der Waals surface area contributed by atoms with Gasteiger partial charge in [-0.15, -0.1) is 0 Å². The number of piperazine rings is 1. The molecular formula is C16H19N5O. The van der Waals surface area contributed by atoms with Crippen molar-refractivity contribution in [2.45, 2.75) is 0 Å². The number of nitrogens with zero attached hydrogens (tertiary/aromatic N) is 3. The molecule has 1 fully saturated rings. The molecule has 0 aliphatic carbocycles. The van der Waals surface area contributed by atoms with E-state index in [0.717, 1.165) is 37.7 Å². The molecule has 0 bridgehead atoms. The summed E-state index contributed by atoms with van der Waals surface area (Å²) < 4.78 is 0. The van der Waals surface area contributed by atoms with Gasteiger partial charge in [0.05, 0.1) is 0 Å². The van der Waals surface area contributed by atoms with E-state index in [4.69, 9.17) is 0 Å². The zero-order chi connectivity index (χ0) is 15.2. The molecule has 0 saturated carbocycles. The first kappa shape index (κ1) is 14.3. The van der Waals surface area contributed by atoms with Crippen LogP contribution in [0.1, 0.15) is 0 Å². The fourth-order valence-electron chi connectivity index (χ4n) is 2.41. The summed E-state index contributed by atoms with van der Waals surface area (Å²) >= 11 is 0. The number of benzene rings is 1. The van der Waals surface area contributed by atoms with E-state index in [2.05, 4.69) is 20.6 Å². The van der Waals surface area contributed by atoms with Crippen LogP contribution in [0.15, 0.2) is 54.7 Å². The highest BCUT2D eigenvalue weighted by atomic mass is 16.2. The van der Waals surface area contributed by atoms with Crippen molar-refractivity contribution < 1.29 is 4.79 Å². The lowest BCUT2D eigenvalue weighted by atomic mass is 10.3. The minimum atomic E-state index is -0.211. The van der Waals surface area contributed by atoms with E-state index in [-0.39, 0.29) is 6.03 Å². The third-order valence-corrected chi connectivity index (χ3v) is 3.54. The van der Waals surface area contributed by atoms with Crippen molar-refractivity contribution in [3.63, 3.8) is 0 Å². The Kier molecular flexibility index (Phi) is 4.50. The summed E-state index contributed by atoms with van der Waals surface area (Å²) in [4.78, 5) is 18.5. The number of urea groups is 1. The summed E-state index contributed by atoms with van der Waals surface area (Å²) in [6.45, 7) is 3.20. The Bertz CT molecular complexity index is 596. The van der Waals surface area contributed by atoms with Crippen LogP contribution in [0.5, 0.6) is 0 Å². The van der Waals surface area contributed by atoms with Gasteiger partial charge >= 0.3 is 6.03 Å². The van der Waals surface area contributed by atoms with Gasteiger partial charge in [0.25, 0.3) is 0 Å². The van der Waals surface area contributed by atoms with Gasteiger partial charge in [0.2, 0.25) is 0 Å². The number of hydrazine groups is 1. The fourth-order valence-corrected chi connectivity index (χ4v) is 2.41. The average molecular weight is 297 g/mol. The number of hydrogen-bond acceptors (Lipinski definition) is 4. The lowest BCUT2D eigenvalue weighted by molar-refractivity contribution is 0.178. The highest BCUT2D eigenvalue weighted by Gasteiger charge is 2.19. The van der Waals surface area contributed by atoms with E-state index in [1.165, 1.54) is 0 Å². The summed E-state index contributed by atoms with van der Waals surface area (Å²) in [6.07, 6.45) is 1.80. The van der Waals surface area contributed by atoms with Gasteiger partial charge in [0, 0.05) is 38.1 Å². The molecule has 2 N–H and O–H groups in total. The van der Waals surface area contributed by atoms with Gasteiger partial charge < -0.3 is 10.2 Å². The molecule has 3 rings (SSSR count). The van der Waals surface area contributed by atoms with Crippen LogP contribution < -0.4 is 15.6 Å². The third-order valence-electron chi connectivity index (χ3n) is 3.54. The predicted molar refractivity (Wildman–Crippen MR) is 86.6 cm³/mol. The van der Waals surface area contributed by atoms with E-state index in [0.29, 0.717) is 0 Å². The average Bonchev–Trinajstić information content (AvgIpc) is 2.57. The maximum atomic E-state index is 11.9. The van der Waals surface area contributed by atoms with Gasteiger partial charge in [-0.3, -0.25) is 5.43 Å². The zero-order valence-electron chi connectivity index (χ0n) is 12.3. The summed E-state index contributed by atoms with van der Waals surface area (Å²) in [5.41, 5.74) is 3.66. The molecule has 6 nitrogen and oxygen atoms in total. The molecule has 2 amide bonds. The van der Waals surface area contributed by atoms with Crippen molar-refractivity contribution in [1.29, 1.82) is 0 Å². The van der Waals surface area contributed by atoms with Gasteiger partial charge in [-0.1, -0.05) is 24.3 Å². The molecule has 1 aromatic heterocycles. The molecule has 1 aromatic carbocycles. The van der Waals surface area contributed by atoms with Gasteiger partial charge in [-0.05, 0) is 24.3 Å². The van der Waals surface area contributed by atoms with Gasteiger partial charge in [0.1, 0.15) is 5.82 Å². The molecule has 6 heteroatoms. The number of anilines is 2. The number of para-hydroxylation sites is 1. The van der Waals surface area contributed by atoms with Crippen LogP contribution in [0.3, 0.4) is 0 Å². The smallest absolute Gasteiger partial charge is 0.333 e. The number of amides is 2. The summed E-state index contributed by atoms with van der Waals surface area (Å²) in [7, 11) is 0. The summed E-state index contributed by atoms with van der Waals surface area (Å²) in [5.74, 6) is 0.982. The molecule has 1 saturated heterocycles. The number of rotatable bonds is 3. The Balaban J connectivity index is 1.47. The van der Waals surface area contributed by atoms with Gasteiger partial charge in [-0.25, -0.2) is 14.8 Å². The Hall–Kier alpha value is -2.60. The molecule has 0 spiro atoms. The first-order chi connectivity index (χ1) is 10.8. The molecule has 0 unspecified atom stereocenters. The summed E-state index contributed by atoms with van der Waals surface area (Å²) in [6, 6.07) is 15.1. The number of pyridine rings is 1. The van der Waals surface area contributed by atoms with Crippen molar-refractivity contribution in [2.24, 2.45) is 0 Å². The van der Waals surface area contributed by atoms with Crippen LogP contribution in [0.2, 0.25) is 0 Å². The molecule has 22 heavy (non-hydrogen) atoms. The SMILES string of the molecule is O=C(Nc1ccccc1)NN1CCN(c2ccccn2)CC1. The minimum absolute atomic E-state index is 0.211. The second-order valence-corrected chi connectivity index (χ2v) is 5.09. The molecule has 2 heterocycles. The number of hydrogen-bond donors (Lipinski definition) is 2. The third kappa shape index (κ3) is 3.73. The fraction of sp³-hybridized carbons (Fsp3) is 0.250. The van der Waals surface area contributed by atoms with E-state index < -0.39 is 0 Å². The van der Waals surface area contributed by atoms with Crippen molar-refractivity contribution in [3.05, 3.63) is 54.7 Å². The Morgan fingerprint density at radius 3 is 2.36 bits per heavy atom. The topological polar surface area (TPSA) is 60.5 Å². The van der Waals surface area contributed by atoms with E-state index in [1.54, 1.807) is 6.20 Å². The molecule has 1 aliphatic heterocycles. The standard InChI is InChI=1S/C16H19N5O/c22-16(18-14-6-2-1-3-7-14)19-21-12-10-20(11-13-21)15-8-4-5-9-17-15/h1-9H,10-13H2,(H2,18,19,22). The first-order valence-electron chi connectivity index (χ1n) is 7.35. The monoisotopic (exact) mass is 297 g/mol. The van der Waals surface area contributed by atoms with Crippen molar-refractivity contribution in [1.82, 2.24) is 15.4 Å². The van der Waals surface area contributed by atoms with E-state index in [9.17, 15) is 4.79 Å². The quantitative estimate of drug-likeness (QED) is 0.909. The van der Waals surface area contributed by atoms with E-state index >= 15 is 0 Å². The van der Waals surface area contributed by atoms with Crippen LogP contribution in [0.4, 0.5) is 16.3 Å². The highest BCUT2D eigenvalue weighted by molar-refractivity contribution is 5.88. The van der Waals surface area contributed by atoms with Crippen molar-refractivity contribution in [3.8, 4) is 0 Å². The number of carbonyl (C=O) groups excluding carboxylic acids is 1. The lowest BCUT2D eigenvalue weighted by Crippen LogP contribution is -2.54. The number of nitrogens with one attached hydrogen (secondary N) is 2. The first-order valence-corrected chi connectivity index (χ1v) is 7.35.